The van der Waals surface area contributed by atoms with E-state index in [2.05, 4.69) is 16.0 Å². The van der Waals surface area contributed by atoms with Crippen LogP contribution in [0.4, 0.5) is 23.7 Å². The Bertz CT molecular complexity index is 1280. The molecule has 1 fully saturated rings. The summed E-state index contributed by atoms with van der Waals surface area (Å²) in [7, 11) is 0. The highest BCUT2D eigenvalue weighted by Crippen LogP contribution is 2.34. The summed E-state index contributed by atoms with van der Waals surface area (Å²) < 4.78 is 45.3. The smallest absolute Gasteiger partial charge is 0.406 e. The molecule has 188 valence electrons. The highest BCUT2D eigenvalue weighted by molar-refractivity contribution is 6.07. The normalized spacial score (nSPS) is 23.2. The number of halogens is 3. The Kier molecular flexibility index (Phi) is 5.61. The lowest BCUT2D eigenvalue weighted by molar-refractivity contribution is -0.133. The van der Waals surface area contributed by atoms with Gasteiger partial charge in [-0.05, 0) is 48.2 Å². The van der Waals surface area contributed by atoms with Crippen molar-refractivity contribution in [2.75, 3.05) is 18.1 Å². The summed E-state index contributed by atoms with van der Waals surface area (Å²) >= 11 is 0. The predicted molar refractivity (Wildman–Crippen MR) is 119 cm³/mol. The molecule has 0 radical (unpaired) electrons. The van der Waals surface area contributed by atoms with Crippen molar-refractivity contribution in [3.05, 3.63) is 59.2 Å². The number of ether oxygens (including phenoxy) is 1. The van der Waals surface area contributed by atoms with Crippen molar-refractivity contribution in [3.63, 3.8) is 0 Å². The molecular formula is C24H21F3N4O5. The lowest BCUT2D eigenvalue weighted by Crippen LogP contribution is -2.52. The lowest BCUT2D eigenvalue weighted by Gasteiger charge is -2.32. The average Bonchev–Trinajstić information content (AvgIpc) is 3.03. The number of alkyl halides is 3. The Morgan fingerprint density at radius 3 is 2.64 bits per heavy atom. The number of nitrogens with one attached hydrogen (secondary N) is 3. The van der Waals surface area contributed by atoms with Gasteiger partial charge in [0.15, 0.2) is 0 Å². The second kappa shape index (κ2) is 8.54. The molecule has 2 aliphatic heterocycles. The fraction of sp³-hybridized carbons (Fsp3) is 0.333. The number of fused-ring (bicyclic) bond motifs is 2. The first kappa shape index (κ1) is 23.6. The first-order chi connectivity index (χ1) is 17.0. The number of nitrogens with zero attached hydrogens (tertiary/aromatic N) is 1. The number of carbonyl (C=O) groups excluding carboxylic acids is 4. The Morgan fingerprint density at radius 1 is 1.14 bits per heavy atom. The van der Waals surface area contributed by atoms with Gasteiger partial charge >= 0.3 is 12.2 Å². The lowest BCUT2D eigenvalue weighted by atomic mass is 9.77. The first-order valence-corrected chi connectivity index (χ1v) is 11.2. The maximum Gasteiger partial charge on any atom is 0.406 e. The highest BCUT2D eigenvalue weighted by Gasteiger charge is 2.48. The van der Waals surface area contributed by atoms with Crippen molar-refractivity contribution >= 4 is 29.4 Å². The van der Waals surface area contributed by atoms with Crippen molar-refractivity contribution in [2.24, 2.45) is 0 Å². The van der Waals surface area contributed by atoms with Crippen LogP contribution in [0.2, 0.25) is 0 Å². The topological polar surface area (TPSA) is 117 Å². The van der Waals surface area contributed by atoms with Crippen LogP contribution in [0.1, 0.15) is 27.9 Å². The number of hydrogen-bond acceptors (Lipinski definition) is 5. The van der Waals surface area contributed by atoms with Crippen molar-refractivity contribution in [1.82, 2.24) is 16.0 Å². The van der Waals surface area contributed by atoms with Gasteiger partial charge in [-0.25, -0.2) is 4.79 Å². The van der Waals surface area contributed by atoms with Gasteiger partial charge in [-0.3, -0.25) is 24.6 Å². The third kappa shape index (κ3) is 4.34. The van der Waals surface area contributed by atoms with Gasteiger partial charge in [0.1, 0.15) is 30.5 Å². The van der Waals surface area contributed by atoms with Gasteiger partial charge < -0.3 is 15.4 Å². The Balaban J connectivity index is 1.34. The van der Waals surface area contributed by atoms with E-state index in [9.17, 15) is 32.3 Å². The van der Waals surface area contributed by atoms with Gasteiger partial charge in [-0.2, -0.15) is 13.2 Å². The summed E-state index contributed by atoms with van der Waals surface area (Å²) in [6, 6.07) is 8.79. The molecule has 1 saturated heterocycles. The van der Waals surface area contributed by atoms with Crippen LogP contribution in [0.5, 0.6) is 5.75 Å². The molecule has 2 aromatic carbocycles. The minimum atomic E-state index is -4.66. The number of carbonyl (C=O) groups is 4. The highest BCUT2D eigenvalue weighted by atomic mass is 19.4. The maximum absolute atomic E-state index is 13.2. The number of amides is 5. The molecular weight excluding hydrogens is 481 g/mol. The third-order valence-electron chi connectivity index (χ3n) is 6.56. The summed E-state index contributed by atoms with van der Waals surface area (Å²) in [5, 5.41) is 7.42. The fourth-order valence-corrected chi connectivity index (χ4v) is 4.80. The SMILES string of the molecule is O=C1NC(=O)C2(CCc3cc(C(=O)N[C@@H]4COc5ccccc5N(CC(F)(F)F)C4=O)ccc3C2)N1. The zero-order valence-electron chi connectivity index (χ0n) is 18.8. The quantitative estimate of drug-likeness (QED) is 0.554. The average molecular weight is 502 g/mol. The monoisotopic (exact) mass is 502 g/mol. The van der Waals surface area contributed by atoms with Crippen LogP contribution in [0.15, 0.2) is 42.5 Å². The van der Waals surface area contributed by atoms with Gasteiger partial charge in [0.05, 0.1) is 5.69 Å². The Morgan fingerprint density at radius 2 is 1.92 bits per heavy atom. The minimum Gasteiger partial charge on any atom is -0.489 e. The van der Waals surface area contributed by atoms with E-state index >= 15 is 0 Å². The summed E-state index contributed by atoms with van der Waals surface area (Å²) in [6.45, 7) is -1.86. The molecule has 3 N–H and O–H groups in total. The molecule has 9 nitrogen and oxygen atoms in total. The van der Waals surface area contributed by atoms with Crippen LogP contribution in [0.25, 0.3) is 0 Å². The van der Waals surface area contributed by atoms with Crippen molar-refractivity contribution < 1.29 is 37.1 Å². The maximum atomic E-state index is 13.2. The second-order valence-corrected chi connectivity index (χ2v) is 8.99. The first-order valence-electron chi connectivity index (χ1n) is 11.2. The Hall–Kier alpha value is -4.09. The van der Waals surface area contributed by atoms with E-state index in [1.54, 1.807) is 18.2 Å². The molecule has 1 unspecified atom stereocenters. The number of imide groups is 1. The molecule has 1 spiro atoms. The van der Waals surface area contributed by atoms with Crippen molar-refractivity contribution in [1.29, 1.82) is 0 Å². The minimum absolute atomic E-state index is 0.0256. The summed E-state index contributed by atoms with van der Waals surface area (Å²) in [6.07, 6.45) is -3.62. The van der Waals surface area contributed by atoms with Crippen LogP contribution in [-0.4, -0.2) is 54.7 Å². The molecule has 5 rings (SSSR count). The van der Waals surface area contributed by atoms with E-state index in [1.807, 2.05) is 0 Å². The van der Waals surface area contributed by atoms with E-state index in [1.165, 1.54) is 24.3 Å². The molecule has 0 aromatic heterocycles. The fourth-order valence-electron chi connectivity index (χ4n) is 4.80. The van der Waals surface area contributed by atoms with Crippen LogP contribution in [0, 0.1) is 0 Å². The molecule has 1 aliphatic carbocycles. The third-order valence-corrected chi connectivity index (χ3v) is 6.56. The van der Waals surface area contributed by atoms with Crippen molar-refractivity contribution in [3.8, 4) is 5.75 Å². The predicted octanol–water partition coefficient (Wildman–Crippen LogP) is 1.84. The molecule has 0 bridgehead atoms. The van der Waals surface area contributed by atoms with E-state index in [4.69, 9.17) is 4.74 Å². The van der Waals surface area contributed by atoms with E-state index in [0.717, 1.165) is 11.1 Å². The largest absolute Gasteiger partial charge is 0.489 e. The second-order valence-electron chi connectivity index (χ2n) is 8.99. The molecule has 2 heterocycles. The molecule has 12 heteroatoms. The van der Waals surface area contributed by atoms with E-state index < -0.39 is 48.1 Å². The van der Waals surface area contributed by atoms with Gasteiger partial charge in [-0.15, -0.1) is 0 Å². The Labute approximate surface area is 203 Å². The number of anilines is 1. The standard InChI is InChI=1S/C24H21F3N4O5/c25-24(26,27)12-31-17-3-1-2-4-18(17)36-11-16(20(31)33)28-19(32)14-5-6-15-10-23(8-7-13(15)9-14)21(34)29-22(35)30-23/h1-6,9,16H,7-8,10-12H2,(H,28,32)(H2,29,30,34,35)/t16-,23?/m1/s1. The number of benzene rings is 2. The van der Waals surface area contributed by atoms with E-state index in [0.29, 0.717) is 17.7 Å². The zero-order valence-corrected chi connectivity index (χ0v) is 18.8. The molecule has 36 heavy (non-hydrogen) atoms. The summed E-state index contributed by atoms with van der Waals surface area (Å²) in [5.74, 6) is -1.87. The van der Waals surface area contributed by atoms with Crippen LogP contribution in [0.3, 0.4) is 0 Å². The number of aryl methyl sites for hydroxylation is 1. The van der Waals surface area contributed by atoms with Gasteiger partial charge in [-0.1, -0.05) is 18.2 Å². The summed E-state index contributed by atoms with van der Waals surface area (Å²) in [5.41, 5.74) is 0.756. The van der Waals surface area contributed by atoms with Gasteiger partial charge in [0.25, 0.3) is 17.7 Å². The van der Waals surface area contributed by atoms with Crippen LogP contribution >= 0.6 is 0 Å². The van der Waals surface area contributed by atoms with Crippen molar-refractivity contribution in [2.45, 2.75) is 37.0 Å². The molecule has 2 atom stereocenters. The van der Waals surface area contributed by atoms with E-state index in [-0.39, 0.29) is 30.0 Å². The summed E-state index contributed by atoms with van der Waals surface area (Å²) in [4.78, 5) is 50.4. The number of urea groups is 1. The molecule has 2 aromatic rings. The number of para-hydroxylation sites is 2. The zero-order chi connectivity index (χ0) is 25.7. The molecule has 3 aliphatic rings. The number of rotatable bonds is 3. The molecule has 5 amide bonds. The van der Waals surface area contributed by atoms with Crippen LogP contribution < -0.4 is 25.6 Å². The van der Waals surface area contributed by atoms with Gasteiger partial charge in [0.2, 0.25) is 0 Å². The molecule has 0 saturated carbocycles. The number of hydrogen-bond donors (Lipinski definition) is 3. The van der Waals surface area contributed by atoms with Crippen LogP contribution in [-0.2, 0) is 22.4 Å². The van der Waals surface area contributed by atoms with Gasteiger partial charge in [0, 0.05) is 12.0 Å².